The molecular weight excluding hydrogens is 240 g/mol. The molecule has 1 aromatic carbocycles. The second kappa shape index (κ2) is 3.88. The summed E-state index contributed by atoms with van der Waals surface area (Å²) >= 11 is 0. The van der Waals surface area contributed by atoms with E-state index in [1.54, 1.807) is 0 Å². The van der Waals surface area contributed by atoms with Gasteiger partial charge in [-0.25, -0.2) is 13.8 Å². The first kappa shape index (κ1) is 10.8. The zero-order chi connectivity index (χ0) is 12.7. The number of benzene rings is 1. The number of halogens is 2. The predicted octanol–water partition coefficient (Wildman–Crippen LogP) is 1.25. The Morgan fingerprint density at radius 2 is 2.11 bits per heavy atom. The van der Waals surface area contributed by atoms with Gasteiger partial charge in [0.05, 0.1) is 17.5 Å². The molecule has 5 nitrogen and oxygen atoms in total. The first-order chi connectivity index (χ1) is 8.66. The highest BCUT2D eigenvalue weighted by atomic mass is 19.2. The second-order valence-electron chi connectivity index (χ2n) is 3.85. The molecule has 0 spiro atoms. The first-order valence-electron chi connectivity index (χ1n) is 5.25. The molecule has 1 aliphatic heterocycles. The molecule has 4 N–H and O–H groups in total. The molecule has 92 valence electrons. The lowest BCUT2D eigenvalue weighted by atomic mass is 10.2. The number of nitrogens with one attached hydrogen (secondary N) is 2. The highest BCUT2D eigenvalue weighted by Gasteiger charge is 2.20. The van der Waals surface area contributed by atoms with E-state index in [9.17, 15) is 8.78 Å². The van der Waals surface area contributed by atoms with Crippen LogP contribution in [0.3, 0.4) is 0 Å². The number of imidazole rings is 1. The summed E-state index contributed by atoms with van der Waals surface area (Å²) in [6.07, 6.45) is 0.929. The average Bonchev–Trinajstić information content (AvgIpc) is 2.78. The number of hydrogen-bond donors (Lipinski definition) is 3. The minimum Gasteiger partial charge on any atom is -0.338 e. The normalized spacial score (nSPS) is 17.4. The summed E-state index contributed by atoms with van der Waals surface area (Å²) in [7, 11) is 0. The number of nitrogens with two attached hydrogens (primary N) is 1. The summed E-state index contributed by atoms with van der Waals surface area (Å²) in [6, 6.07) is 3.91. The number of aromatic amines is 1. The van der Waals surface area contributed by atoms with Gasteiger partial charge in [0.25, 0.3) is 0 Å². The number of fused-ring (bicyclic) bond motifs is 1. The lowest BCUT2D eigenvalue weighted by Gasteiger charge is -2.13. The fourth-order valence-electron chi connectivity index (χ4n) is 1.79. The Balaban J connectivity index is 2.14. The number of hydrazone groups is 1. The molecule has 0 saturated carbocycles. The van der Waals surface area contributed by atoms with Crippen molar-refractivity contribution in [2.24, 2.45) is 10.8 Å². The summed E-state index contributed by atoms with van der Waals surface area (Å²) in [5.74, 6) is -1.64. The van der Waals surface area contributed by atoms with E-state index < -0.39 is 17.8 Å². The molecule has 0 amide bonds. The lowest BCUT2D eigenvalue weighted by Crippen LogP contribution is -2.28. The molecule has 0 fully saturated rings. The van der Waals surface area contributed by atoms with E-state index in [4.69, 9.17) is 5.73 Å². The van der Waals surface area contributed by atoms with Crippen LogP contribution in [-0.2, 0) is 0 Å². The molecule has 2 aromatic rings. The fraction of sp³-hybridized carbons (Fsp3) is 0.0909. The standard InChI is InChI=1S/C11H9F2N5/c12-6-3-1-2-5(8(6)13)11-16-7-4-15-18-10(14)9(7)17-11/h1-4,10,18H,14H2,(H,16,17). The molecule has 1 atom stereocenters. The molecule has 18 heavy (non-hydrogen) atoms. The van der Waals surface area contributed by atoms with Gasteiger partial charge in [0.15, 0.2) is 11.6 Å². The molecule has 1 unspecified atom stereocenters. The Morgan fingerprint density at radius 1 is 1.28 bits per heavy atom. The molecule has 0 radical (unpaired) electrons. The van der Waals surface area contributed by atoms with Crippen molar-refractivity contribution in [3.05, 3.63) is 41.2 Å². The van der Waals surface area contributed by atoms with Crippen LogP contribution < -0.4 is 11.2 Å². The zero-order valence-corrected chi connectivity index (χ0v) is 9.11. The zero-order valence-electron chi connectivity index (χ0n) is 9.11. The molecule has 1 aromatic heterocycles. The van der Waals surface area contributed by atoms with Crippen molar-refractivity contribution in [1.82, 2.24) is 15.4 Å². The van der Waals surface area contributed by atoms with Crippen LogP contribution in [0.4, 0.5) is 8.78 Å². The van der Waals surface area contributed by atoms with E-state index in [1.807, 2.05) is 0 Å². The molecule has 1 aliphatic rings. The van der Waals surface area contributed by atoms with Crippen molar-refractivity contribution in [1.29, 1.82) is 0 Å². The van der Waals surface area contributed by atoms with E-state index in [0.717, 1.165) is 6.07 Å². The average molecular weight is 249 g/mol. The summed E-state index contributed by atoms with van der Waals surface area (Å²) < 4.78 is 26.8. The number of rotatable bonds is 1. The van der Waals surface area contributed by atoms with Gasteiger partial charge in [-0.2, -0.15) is 5.10 Å². The van der Waals surface area contributed by atoms with Crippen LogP contribution in [0, 0.1) is 11.6 Å². The van der Waals surface area contributed by atoms with Crippen LogP contribution in [-0.4, -0.2) is 16.2 Å². The van der Waals surface area contributed by atoms with Gasteiger partial charge in [-0.15, -0.1) is 0 Å². The van der Waals surface area contributed by atoms with Crippen LogP contribution >= 0.6 is 0 Å². The van der Waals surface area contributed by atoms with E-state index in [1.165, 1.54) is 18.3 Å². The molecule has 2 heterocycles. The third kappa shape index (κ3) is 1.56. The van der Waals surface area contributed by atoms with Gasteiger partial charge in [-0.3, -0.25) is 5.43 Å². The first-order valence-corrected chi connectivity index (χ1v) is 5.25. The van der Waals surface area contributed by atoms with Crippen molar-refractivity contribution in [3.8, 4) is 11.4 Å². The second-order valence-corrected chi connectivity index (χ2v) is 3.85. The predicted molar refractivity (Wildman–Crippen MR) is 61.6 cm³/mol. The third-order valence-corrected chi connectivity index (χ3v) is 2.68. The maximum absolute atomic E-state index is 13.6. The lowest BCUT2D eigenvalue weighted by molar-refractivity contribution is 0.510. The minimum absolute atomic E-state index is 0.0602. The smallest absolute Gasteiger partial charge is 0.169 e. The number of hydrogen-bond acceptors (Lipinski definition) is 4. The topological polar surface area (TPSA) is 79.1 Å². The van der Waals surface area contributed by atoms with Crippen molar-refractivity contribution >= 4 is 6.21 Å². The van der Waals surface area contributed by atoms with Gasteiger partial charge in [0.1, 0.15) is 17.7 Å². The van der Waals surface area contributed by atoms with Crippen LogP contribution in [0.15, 0.2) is 23.3 Å². The summed E-state index contributed by atoms with van der Waals surface area (Å²) in [5.41, 5.74) is 9.54. The maximum atomic E-state index is 13.6. The molecule has 0 saturated heterocycles. The number of nitrogens with zero attached hydrogens (tertiary/aromatic N) is 2. The van der Waals surface area contributed by atoms with Gasteiger partial charge in [0, 0.05) is 0 Å². The number of aromatic nitrogens is 2. The van der Waals surface area contributed by atoms with Gasteiger partial charge < -0.3 is 10.7 Å². The summed E-state index contributed by atoms with van der Waals surface area (Å²) in [4.78, 5) is 7.01. The van der Waals surface area contributed by atoms with Gasteiger partial charge >= 0.3 is 0 Å². The van der Waals surface area contributed by atoms with Crippen molar-refractivity contribution < 1.29 is 8.78 Å². The van der Waals surface area contributed by atoms with Crippen molar-refractivity contribution in [3.63, 3.8) is 0 Å². The summed E-state index contributed by atoms with van der Waals surface area (Å²) in [5, 5.41) is 3.80. The Morgan fingerprint density at radius 3 is 2.89 bits per heavy atom. The van der Waals surface area contributed by atoms with E-state index in [-0.39, 0.29) is 11.4 Å². The van der Waals surface area contributed by atoms with Gasteiger partial charge in [0.2, 0.25) is 0 Å². The SMILES string of the molecule is NC1NN=Cc2nc(-c3cccc(F)c3F)[nH]c21. The van der Waals surface area contributed by atoms with Gasteiger partial charge in [-0.1, -0.05) is 6.07 Å². The van der Waals surface area contributed by atoms with Gasteiger partial charge in [-0.05, 0) is 12.1 Å². The van der Waals surface area contributed by atoms with Crippen molar-refractivity contribution in [2.75, 3.05) is 0 Å². The van der Waals surface area contributed by atoms with Crippen LogP contribution in [0.2, 0.25) is 0 Å². The molecule has 3 rings (SSSR count). The third-order valence-electron chi connectivity index (χ3n) is 2.68. The highest BCUT2D eigenvalue weighted by molar-refractivity contribution is 5.81. The largest absolute Gasteiger partial charge is 0.338 e. The van der Waals surface area contributed by atoms with E-state index in [2.05, 4.69) is 20.5 Å². The molecular formula is C11H9F2N5. The van der Waals surface area contributed by atoms with Crippen LogP contribution in [0.25, 0.3) is 11.4 Å². The Hall–Kier alpha value is -2.28. The number of H-pyrrole nitrogens is 1. The molecule has 0 bridgehead atoms. The Bertz CT molecular complexity index is 634. The van der Waals surface area contributed by atoms with Crippen LogP contribution in [0.5, 0.6) is 0 Å². The van der Waals surface area contributed by atoms with E-state index >= 15 is 0 Å². The molecule has 7 heteroatoms. The van der Waals surface area contributed by atoms with Crippen molar-refractivity contribution in [2.45, 2.75) is 6.17 Å². The highest BCUT2D eigenvalue weighted by Crippen LogP contribution is 2.24. The van der Waals surface area contributed by atoms with E-state index in [0.29, 0.717) is 11.4 Å². The monoisotopic (exact) mass is 249 g/mol. The molecule has 0 aliphatic carbocycles. The summed E-state index contributed by atoms with van der Waals surface area (Å²) in [6.45, 7) is 0. The fourth-order valence-corrected chi connectivity index (χ4v) is 1.79. The maximum Gasteiger partial charge on any atom is 0.169 e. The Kier molecular flexibility index (Phi) is 2.34. The Labute approximate surface area is 101 Å². The minimum atomic E-state index is -0.943. The van der Waals surface area contributed by atoms with Crippen LogP contribution in [0.1, 0.15) is 17.6 Å². The quantitative estimate of drug-likeness (QED) is 0.711.